The van der Waals surface area contributed by atoms with Gasteiger partial charge in [-0.3, -0.25) is 0 Å². The molecule has 0 atom stereocenters. The van der Waals surface area contributed by atoms with E-state index in [9.17, 15) is 0 Å². The Morgan fingerprint density at radius 1 is 1.00 bits per heavy atom. The summed E-state index contributed by atoms with van der Waals surface area (Å²) in [6.45, 7) is 0. The summed E-state index contributed by atoms with van der Waals surface area (Å²) in [6, 6.07) is 0. The molecule has 0 saturated heterocycles. The van der Waals surface area contributed by atoms with Gasteiger partial charge in [-0.25, -0.2) is 0 Å². The van der Waals surface area contributed by atoms with Crippen LogP contribution < -0.4 is 0 Å². The fraction of sp³-hybridized carbons (Fsp3) is 0. The summed E-state index contributed by atoms with van der Waals surface area (Å²) in [7, 11) is 0. The van der Waals surface area contributed by atoms with E-state index in [2.05, 4.69) is 0 Å². The Labute approximate surface area is 36.4 Å². The van der Waals surface area contributed by atoms with E-state index >= 15 is 0 Å². The maximum absolute atomic E-state index is 8.57. The summed E-state index contributed by atoms with van der Waals surface area (Å²) in [5, 5.41) is 0. The van der Waals surface area contributed by atoms with Crippen LogP contribution in [0.2, 0.25) is 0 Å². The van der Waals surface area contributed by atoms with Crippen molar-refractivity contribution in [2.75, 3.05) is 0 Å². The van der Waals surface area contributed by atoms with E-state index in [0.717, 1.165) is 0 Å². The monoisotopic (exact) mass is 212 g/mol. The second-order valence-electron chi connectivity index (χ2n) is 0.158. The molecule has 0 rings (SSSR count). The first kappa shape index (κ1) is 4.67. The predicted octanol–water partition coefficient (Wildman–Crippen LogP) is -0.356. The van der Waals surface area contributed by atoms with Crippen molar-refractivity contribution in [3.8, 4) is 0 Å². The molecule has 0 saturated carbocycles. The molecule has 0 aliphatic carbocycles. The Morgan fingerprint density at radius 2 is 1.00 bits per heavy atom. The molecule has 0 unspecified atom stereocenters. The van der Waals surface area contributed by atoms with Crippen molar-refractivity contribution >= 4 is 0 Å². The number of rotatable bonds is 0. The van der Waals surface area contributed by atoms with Crippen LogP contribution in [-0.2, 0) is 4.14 Å². The fourth-order valence-electron chi connectivity index (χ4n) is 0. The number of hydrogen-bond donors (Lipinski definition) is 0. The van der Waals surface area contributed by atoms with E-state index < -0.39 is 32.6 Å². The van der Waals surface area contributed by atoms with Gasteiger partial charge < -0.3 is 0 Å². The SMILES string of the molecule is [O]=[Dy](=[O])=[O]. The van der Waals surface area contributed by atoms with Gasteiger partial charge in [0.1, 0.15) is 0 Å². The van der Waals surface area contributed by atoms with Gasteiger partial charge in [-0.05, 0) is 0 Å². The zero-order chi connectivity index (χ0) is 3.58. The van der Waals surface area contributed by atoms with Crippen LogP contribution >= 0.6 is 0 Å². The van der Waals surface area contributed by atoms with E-state index in [0.29, 0.717) is 0 Å². The second-order valence-corrected chi connectivity index (χ2v) is 1.17. The van der Waals surface area contributed by atoms with Gasteiger partial charge in [0.25, 0.3) is 0 Å². The predicted molar refractivity (Wildman–Crippen MR) is 2.06 cm³/mol. The van der Waals surface area contributed by atoms with E-state index in [-0.39, 0.29) is 0 Å². The quantitative estimate of drug-likeness (QED) is 0.549. The van der Waals surface area contributed by atoms with Gasteiger partial charge in [0.2, 0.25) is 0 Å². The standard InChI is InChI=1S/Dy.3O. The normalized spacial score (nSPS) is 10.5. The number of hydrogen-bond acceptors (Lipinski definition) is 3. The molecule has 0 aromatic heterocycles. The van der Waals surface area contributed by atoms with Crippen molar-refractivity contribution in [1.29, 1.82) is 0 Å². The molecule has 4 heteroatoms. The van der Waals surface area contributed by atoms with Crippen LogP contribution in [0.5, 0.6) is 0 Å². The molecule has 0 N–H and O–H groups in total. The van der Waals surface area contributed by atoms with Crippen molar-refractivity contribution in [3.63, 3.8) is 0 Å². The third kappa shape index (κ3) is 16.5. The Balaban J connectivity index is 4.65. The zero-order valence-corrected chi connectivity index (χ0v) is 3.57. The molecule has 0 aromatic carbocycles. The first-order valence-corrected chi connectivity index (χ1v) is 2.87. The van der Waals surface area contributed by atoms with Gasteiger partial charge in [-0.15, -0.1) is 0 Å². The summed E-state index contributed by atoms with van der Waals surface area (Å²) >= 11 is -4.02. The van der Waals surface area contributed by atoms with E-state index in [1.54, 1.807) is 0 Å². The van der Waals surface area contributed by atoms with Crippen LogP contribution in [0, 0.1) is 32.6 Å². The Bertz CT molecular complexity index is 72.7. The molecule has 4 heavy (non-hydrogen) atoms. The molecule has 0 aromatic rings. The van der Waals surface area contributed by atoms with Gasteiger partial charge >= 0.3 is 36.7 Å². The third-order valence-electron chi connectivity index (χ3n) is 0. The topological polar surface area (TPSA) is 51.2 Å². The molecule has 0 radical (unpaired) electrons. The summed E-state index contributed by atoms with van der Waals surface area (Å²) < 4.78 is 25.7. The molecule has 0 aliphatic rings. The van der Waals surface area contributed by atoms with Crippen LogP contribution in [0.25, 0.3) is 0 Å². The van der Waals surface area contributed by atoms with Crippen molar-refractivity contribution in [2.45, 2.75) is 0 Å². The second kappa shape index (κ2) is 1.95. The summed E-state index contributed by atoms with van der Waals surface area (Å²) in [5.41, 5.74) is 0. The molecule has 0 aliphatic heterocycles. The minimum atomic E-state index is -4.02. The van der Waals surface area contributed by atoms with Crippen LogP contribution in [0.15, 0.2) is 0 Å². The summed E-state index contributed by atoms with van der Waals surface area (Å²) in [4.78, 5) is 0. The van der Waals surface area contributed by atoms with Crippen LogP contribution in [-0.4, -0.2) is 0 Å². The summed E-state index contributed by atoms with van der Waals surface area (Å²) in [6.07, 6.45) is 0. The van der Waals surface area contributed by atoms with E-state index in [4.69, 9.17) is 4.14 Å². The van der Waals surface area contributed by atoms with E-state index in [1.807, 2.05) is 0 Å². The first-order chi connectivity index (χ1) is 1.73. The van der Waals surface area contributed by atoms with Crippen LogP contribution in [0.1, 0.15) is 0 Å². The molecular weight excluding hydrogens is 210 g/mol. The molecule has 0 spiro atoms. The van der Waals surface area contributed by atoms with Gasteiger partial charge in [-0.1, -0.05) is 0 Å². The van der Waals surface area contributed by atoms with Crippen molar-refractivity contribution in [1.82, 2.24) is 0 Å². The Hall–Kier alpha value is 0.673. The van der Waals surface area contributed by atoms with Gasteiger partial charge in [-0.2, -0.15) is 0 Å². The third-order valence-corrected chi connectivity index (χ3v) is 0. The molecule has 3 nitrogen and oxygen atoms in total. The average molecular weight is 210 g/mol. The molecule has 28 valence electrons. The summed E-state index contributed by atoms with van der Waals surface area (Å²) in [5.74, 6) is 0. The van der Waals surface area contributed by atoms with Crippen LogP contribution in [0.4, 0.5) is 0 Å². The first-order valence-electron chi connectivity index (χ1n) is 0.387. The van der Waals surface area contributed by atoms with E-state index in [1.165, 1.54) is 0 Å². The van der Waals surface area contributed by atoms with Crippen molar-refractivity contribution in [3.05, 3.63) is 0 Å². The van der Waals surface area contributed by atoms with Crippen LogP contribution in [0.3, 0.4) is 0 Å². The molecule has 0 amide bonds. The minimum absolute atomic E-state index is 4.02. The molecular formula is DyO3. The Morgan fingerprint density at radius 3 is 1.00 bits per heavy atom. The fourth-order valence-corrected chi connectivity index (χ4v) is 0. The molecule has 0 bridgehead atoms. The zero-order valence-electron chi connectivity index (χ0n) is 1.54. The van der Waals surface area contributed by atoms with Crippen molar-refractivity contribution in [2.24, 2.45) is 0 Å². The maximum atomic E-state index is 8.57. The Kier molecular flexibility index (Phi) is 2.27. The van der Waals surface area contributed by atoms with Gasteiger partial charge in [0.15, 0.2) is 0 Å². The van der Waals surface area contributed by atoms with Crippen molar-refractivity contribution < 1.29 is 36.7 Å². The van der Waals surface area contributed by atoms with Gasteiger partial charge in [0.05, 0.1) is 0 Å². The molecule has 0 fully saturated rings. The average Bonchev–Trinajstić information content (AvgIpc) is 0.811. The van der Waals surface area contributed by atoms with Gasteiger partial charge in [0, 0.05) is 0 Å². The molecule has 0 heterocycles.